The van der Waals surface area contributed by atoms with Crippen molar-refractivity contribution < 1.29 is 0 Å². The van der Waals surface area contributed by atoms with E-state index in [2.05, 4.69) is 255 Å². The zero-order chi connectivity index (χ0) is 42.1. The highest BCUT2D eigenvalue weighted by Crippen LogP contribution is 2.58. The van der Waals surface area contributed by atoms with Gasteiger partial charge in [0, 0.05) is 22.5 Å². The van der Waals surface area contributed by atoms with E-state index in [4.69, 9.17) is 0 Å². The summed E-state index contributed by atoms with van der Waals surface area (Å²) in [5.41, 5.74) is 20.7. The third-order valence-electron chi connectivity index (χ3n) is 13.9. The van der Waals surface area contributed by atoms with Crippen LogP contribution in [0.25, 0.3) is 55.3 Å². The number of fused-ring (bicyclic) bond motifs is 7. The lowest BCUT2D eigenvalue weighted by atomic mass is 9.67. The number of benzene rings is 10. The molecule has 1 heteroatoms. The average molecular weight is 804 g/mol. The molecule has 0 aliphatic heterocycles. The van der Waals surface area contributed by atoms with Crippen LogP contribution >= 0.6 is 0 Å². The van der Waals surface area contributed by atoms with Crippen molar-refractivity contribution in [3.05, 3.63) is 270 Å². The van der Waals surface area contributed by atoms with Crippen molar-refractivity contribution in [1.29, 1.82) is 0 Å². The molecule has 1 nitrogen and oxygen atoms in total. The van der Waals surface area contributed by atoms with Gasteiger partial charge >= 0.3 is 0 Å². The zero-order valence-corrected chi connectivity index (χ0v) is 35.5. The van der Waals surface area contributed by atoms with Crippen molar-refractivity contribution in [2.75, 3.05) is 4.90 Å². The van der Waals surface area contributed by atoms with Crippen LogP contribution in [0.15, 0.2) is 237 Å². The second kappa shape index (κ2) is 14.4. The Kier molecular flexibility index (Phi) is 8.49. The van der Waals surface area contributed by atoms with E-state index >= 15 is 0 Å². The van der Waals surface area contributed by atoms with Crippen LogP contribution in [0.2, 0.25) is 0 Å². The van der Waals surface area contributed by atoms with Crippen molar-refractivity contribution in [2.24, 2.45) is 0 Å². The van der Waals surface area contributed by atoms with Gasteiger partial charge in [-0.2, -0.15) is 0 Å². The standard InChI is InChI=1S/C62H45N/c1-61(2)57-32-13-11-28-54(57)56-31-17-30-52(60(56)61)43-34-36-47(37-35-43)63(48-25-15-20-44(40-48)51-29-16-19-42-18-9-10-26-50(42)51)49-38-39-55-53-27-12-14-33-58(53)62(59(55)41-49,45-21-5-3-6-22-45)46-23-7-4-8-24-46/h3-41H,1-2H3. The molecule has 2 aliphatic rings. The van der Waals surface area contributed by atoms with Gasteiger partial charge in [0.15, 0.2) is 0 Å². The number of hydrogen-bond acceptors (Lipinski definition) is 1. The second-order valence-corrected chi connectivity index (χ2v) is 17.6. The molecule has 0 bridgehead atoms. The molecule has 0 saturated carbocycles. The van der Waals surface area contributed by atoms with Crippen molar-refractivity contribution >= 4 is 27.8 Å². The molecule has 63 heavy (non-hydrogen) atoms. The summed E-state index contributed by atoms with van der Waals surface area (Å²) in [5.74, 6) is 0. The molecule has 0 aromatic heterocycles. The maximum absolute atomic E-state index is 2.47. The monoisotopic (exact) mass is 803 g/mol. The summed E-state index contributed by atoms with van der Waals surface area (Å²) in [4.78, 5) is 2.46. The topological polar surface area (TPSA) is 3.24 Å². The number of rotatable bonds is 7. The van der Waals surface area contributed by atoms with Crippen LogP contribution < -0.4 is 4.90 Å². The quantitative estimate of drug-likeness (QED) is 0.155. The first-order valence-corrected chi connectivity index (χ1v) is 22.1. The Morgan fingerprint density at radius 2 is 0.841 bits per heavy atom. The summed E-state index contributed by atoms with van der Waals surface area (Å²) in [5, 5.41) is 2.49. The van der Waals surface area contributed by atoms with Gasteiger partial charge in [-0.1, -0.05) is 214 Å². The molecule has 0 radical (unpaired) electrons. The van der Waals surface area contributed by atoms with Crippen LogP contribution in [0.4, 0.5) is 17.1 Å². The molecule has 10 aromatic rings. The van der Waals surface area contributed by atoms with E-state index in [-0.39, 0.29) is 5.41 Å². The first-order chi connectivity index (χ1) is 31.0. The lowest BCUT2D eigenvalue weighted by molar-refractivity contribution is 0.662. The maximum atomic E-state index is 2.47. The van der Waals surface area contributed by atoms with Gasteiger partial charge in [-0.05, 0) is 125 Å². The average Bonchev–Trinajstić information content (AvgIpc) is 3.78. The van der Waals surface area contributed by atoms with Crippen LogP contribution in [-0.4, -0.2) is 0 Å². The Hall–Kier alpha value is -7.74. The molecule has 0 fully saturated rings. The second-order valence-electron chi connectivity index (χ2n) is 17.6. The highest BCUT2D eigenvalue weighted by Gasteiger charge is 2.46. The molecule has 0 saturated heterocycles. The molecule has 0 heterocycles. The number of nitrogens with zero attached hydrogens (tertiary/aromatic N) is 1. The fraction of sp³-hybridized carbons (Fsp3) is 0.0645. The molecule has 0 spiro atoms. The predicted octanol–water partition coefficient (Wildman–Crippen LogP) is 16.3. The van der Waals surface area contributed by atoms with Gasteiger partial charge in [-0.3, -0.25) is 0 Å². The van der Waals surface area contributed by atoms with Gasteiger partial charge in [0.05, 0.1) is 5.41 Å². The molecule has 0 atom stereocenters. The first-order valence-electron chi connectivity index (χ1n) is 22.1. The van der Waals surface area contributed by atoms with Gasteiger partial charge < -0.3 is 4.90 Å². The van der Waals surface area contributed by atoms with E-state index in [1.165, 1.54) is 88.7 Å². The summed E-state index contributed by atoms with van der Waals surface area (Å²) in [6, 6.07) is 87.7. The minimum absolute atomic E-state index is 0.110. The summed E-state index contributed by atoms with van der Waals surface area (Å²) >= 11 is 0. The molecule has 2 aliphatic carbocycles. The fourth-order valence-corrected chi connectivity index (χ4v) is 11.2. The summed E-state index contributed by atoms with van der Waals surface area (Å²) in [6.07, 6.45) is 0. The highest BCUT2D eigenvalue weighted by atomic mass is 15.1. The van der Waals surface area contributed by atoms with Crippen molar-refractivity contribution in [3.63, 3.8) is 0 Å². The van der Waals surface area contributed by atoms with Gasteiger partial charge in [-0.25, -0.2) is 0 Å². The lowest BCUT2D eigenvalue weighted by Gasteiger charge is -2.35. The minimum atomic E-state index is -0.511. The zero-order valence-electron chi connectivity index (χ0n) is 35.5. The third kappa shape index (κ3) is 5.63. The fourth-order valence-electron chi connectivity index (χ4n) is 11.2. The minimum Gasteiger partial charge on any atom is -0.310 e. The van der Waals surface area contributed by atoms with Crippen LogP contribution in [0.1, 0.15) is 47.2 Å². The third-order valence-corrected chi connectivity index (χ3v) is 13.9. The largest absolute Gasteiger partial charge is 0.310 e. The Morgan fingerprint density at radius 3 is 1.60 bits per heavy atom. The summed E-state index contributed by atoms with van der Waals surface area (Å²) < 4.78 is 0. The van der Waals surface area contributed by atoms with E-state index in [0.717, 1.165) is 17.1 Å². The van der Waals surface area contributed by atoms with E-state index < -0.39 is 5.41 Å². The molecule has 298 valence electrons. The molecule has 0 amide bonds. The molecule has 12 rings (SSSR count). The van der Waals surface area contributed by atoms with Gasteiger partial charge in [0.2, 0.25) is 0 Å². The Balaban J connectivity index is 1.06. The number of hydrogen-bond donors (Lipinski definition) is 0. The van der Waals surface area contributed by atoms with E-state index in [0.29, 0.717) is 0 Å². The van der Waals surface area contributed by atoms with Crippen molar-refractivity contribution in [1.82, 2.24) is 0 Å². The summed E-state index contributed by atoms with van der Waals surface area (Å²) in [6.45, 7) is 4.74. The first kappa shape index (κ1) is 37.1. The highest BCUT2D eigenvalue weighted by molar-refractivity contribution is 5.98. The normalized spacial score (nSPS) is 13.8. The smallest absolute Gasteiger partial charge is 0.0714 e. The van der Waals surface area contributed by atoms with E-state index in [1.807, 2.05) is 0 Å². The van der Waals surface area contributed by atoms with E-state index in [9.17, 15) is 0 Å². The molecular weight excluding hydrogens is 759 g/mol. The lowest BCUT2D eigenvalue weighted by Crippen LogP contribution is -2.28. The van der Waals surface area contributed by atoms with Crippen molar-refractivity contribution in [2.45, 2.75) is 24.7 Å². The Bertz CT molecular complexity index is 3310. The molecular formula is C62H45N. The Labute approximate surface area is 370 Å². The molecule has 10 aromatic carbocycles. The molecule has 0 unspecified atom stereocenters. The van der Waals surface area contributed by atoms with Crippen LogP contribution in [0.3, 0.4) is 0 Å². The van der Waals surface area contributed by atoms with Gasteiger partial charge in [0.1, 0.15) is 0 Å². The summed E-state index contributed by atoms with van der Waals surface area (Å²) in [7, 11) is 0. The maximum Gasteiger partial charge on any atom is 0.0714 e. The Morgan fingerprint density at radius 1 is 0.317 bits per heavy atom. The van der Waals surface area contributed by atoms with Crippen LogP contribution in [0.5, 0.6) is 0 Å². The van der Waals surface area contributed by atoms with Crippen molar-refractivity contribution in [3.8, 4) is 44.5 Å². The van der Waals surface area contributed by atoms with Crippen LogP contribution in [0, 0.1) is 0 Å². The van der Waals surface area contributed by atoms with E-state index in [1.54, 1.807) is 0 Å². The van der Waals surface area contributed by atoms with Gasteiger partial charge in [0.25, 0.3) is 0 Å². The SMILES string of the molecule is CC1(C)c2ccccc2-c2cccc(-c3ccc(N(c4cccc(-c5cccc6ccccc56)c4)c4ccc5c(c4)C(c4ccccc4)(c4ccccc4)c4ccccc4-5)cc3)c21. The van der Waals surface area contributed by atoms with Gasteiger partial charge in [-0.15, -0.1) is 0 Å². The number of anilines is 3. The molecule has 0 N–H and O–H groups in total. The predicted molar refractivity (Wildman–Crippen MR) is 264 cm³/mol. The van der Waals surface area contributed by atoms with Crippen LogP contribution in [-0.2, 0) is 10.8 Å².